The Morgan fingerprint density at radius 1 is 1.07 bits per heavy atom. The first-order valence-corrected chi connectivity index (χ1v) is 11.2. The van der Waals surface area contributed by atoms with Crippen LogP contribution in [0.4, 0.5) is 0 Å². The molecule has 0 amide bonds. The van der Waals surface area contributed by atoms with Crippen LogP contribution in [0.5, 0.6) is 0 Å². The van der Waals surface area contributed by atoms with E-state index in [0.29, 0.717) is 18.0 Å². The molecule has 0 unspecified atom stereocenters. The van der Waals surface area contributed by atoms with Gasteiger partial charge in [0.15, 0.2) is 0 Å². The van der Waals surface area contributed by atoms with Gasteiger partial charge in [-0.3, -0.25) is 9.13 Å². The van der Waals surface area contributed by atoms with Gasteiger partial charge in [-0.2, -0.15) is 0 Å². The molecule has 2 fully saturated rings. The van der Waals surface area contributed by atoms with Gasteiger partial charge >= 0.3 is 5.69 Å². The minimum absolute atomic E-state index is 0.121. The molecule has 28 heavy (non-hydrogen) atoms. The lowest BCUT2D eigenvalue weighted by molar-refractivity contribution is 0.558. The number of para-hydroxylation sites is 1. The third-order valence-electron chi connectivity index (χ3n) is 5.74. The predicted molar refractivity (Wildman–Crippen MR) is 108 cm³/mol. The topological polar surface area (TPSA) is 73.1 Å². The minimum Gasteiger partial charge on any atom is -0.291 e. The highest BCUT2D eigenvalue weighted by Gasteiger charge is 2.41. The second-order valence-electron chi connectivity index (χ2n) is 8.32. The molecule has 0 radical (unpaired) electrons. The maximum atomic E-state index is 13.2. The highest BCUT2D eigenvalue weighted by Crippen LogP contribution is 2.36. The standard InChI is InChI=1S/C21H23N3O3S/c1-21(11-12-21)22-28(26,27)17-9-10-18-19(13-17)24(16-5-3-2-4-6-16)20(25)23(18)14-15-7-8-15/h2-6,9-10,13,15,22H,7-8,11-12,14H2,1H3. The second-order valence-corrected chi connectivity index (χ2v) is 10.0. The molecule has 0 spiro atoms. The van der Waals surface area contributed by atoms with E-state index >= 15 is 0 Å². The molecule has 146 valence electrons. The number of hydrogen-bond donors (Lipinski definition) is 1. The van der Waals surface area contributed by atoms with Crippen LogP contribution in [0.15, 0.2) is 58.2 Å². The third-order valence-corrected chi connectivity index (χ3v) is 7.38. The quantitative estimate of drug-likeness (QED) is 0.695. The Morgan fingerprint density at radius 2 is 1.79 bits per heavy atom. The summed E-state index contributed by atoms with van der Waals surface area (Å²) in [5, 5.41) is 0. The maximum Gasteiger partial charge on any atom is 0.333 e. The average molecular weight is 398 g/mol. The van der Waals surface area contributed by atoms with E-state index in [1.807, 2.05) is 37.3 Å². The SMILES string of the molecule is CC1(NS(=O)(=O)c2ccc3c(c2)n(-c2ccccc2)c(=O)n3CC2CC2)CC1. The third kappa shape index (κ3) is 3.08. The van der Waals surface area contributed by atoms with Crippen molar-refractivity contribution in [3.05, 3.63) is 59.0 Å². The van der Waals surface area contributed by atoms with E-state index in [1.165, 1.54) is 0 Å². The van der Waals surface area contributed by atoms with Gasteiger partial charge < -0.3 is 0 Å². The minimum atomic E-state index is -3.63. The van der Waals surface area contributed by atoms with E-state index in [9.17, 15) is 13.2 Å². The molecule has 2 aliphatic rings. The normalized spacial score (nSPS) is 18.5. The smallest absolute Gasteiger partial charge is 0.291 e. The van der Waals surface area contributed by atoms with Crippen molar-refractivity contribution in [2.24, 2.45) is 5.92 Å². The number of benzene rings is 2. The monoisotopic (exact) mass is 397 g/mol. The summed E-state index contributed by atoms with van der Waals surface area (Å²) in [6, 6.07) is 14.4. The fourth-order valence-electron chi connectivity index (χ4n) is 3.64. The van der Waals surface area contributed by atoms with Crippen molar-refractivity contribution >= 4 is 21.1 Å². The van der Waals surface area contributed by atoms with Crippen LogP contribution >= 0.6 is 0 Å². The maximum absolute atomic E-state index is 13.2. The number of nitrogens with zero attached hydrogens (tertiary/aromatic N) is 2. The molecule has 7 heteroatoms. The molecule has 6 nitrogen and oxygen atoms in total. The average Bonchev–Trinajstić information content (AvgIpc) is 3.58. The van der Waals surface area contributed by atoms with Gasteiger partial charge in [0, 0.05) is 12.1 Å². The molecule has 0 atom stereocenters. The molecule has 1 N–H and O–H groups in total. The van der Waals surface area contributed by atoms with Crippen LogP contribution in [0.1, 0.15) is 32.6 Å². The Morgan fingerprint density at radius 3 is 2.43 bits per heavy atom. The second kappa shape index (κ2) is 6.06. The molecule has 3 aromatic rings. The van der Waals surface area contributed by atoms with E-state index in [4.69, 9.17) is 0 Å². The Labute approximate surface area is 163 Å². The van der Waals surface area contributed by atoms with Gasteiger partial charge in [-0.25, -0.2) is 17.9 Å². The van der Waals surface area contributed by atoms with Crippen molar-refractivity contribution in [1.82, 2.24) is 13.9 Å². The van der Waals surface area contributed by atoms with Crippen LogP contribution < -0.4 is 10.4 Å². The summed E-state index contributed by atoms with van der Waals surface area (Å²) in [7, 11) is -3.63. The summed E-state index contributed by atoms with van der Waals surface area (Å²) >= 11 is 0. The fraction of sp³-hybridized carbons (Fsp3) is 0.381. The van der Waals surface area contributed by atoms with E-state index in [0.717, 1.165) is 36.9 Å². The first kappa shape index (κ1) is 17.7. The van der Waals surface area contributed by atoms with Crippen molar-refractivity contribution in [3.63, 3.8) is 0 Å². The van der Waals surface area contributed by atoms with Crippen molar-refractivity contribution in [2.45, 2.75) is 49.6 Å². The summed E-state index contributed by atoms with van der Waals surface area (Å²) in [5.41, 5.74) is 1.68. The van der Waals surface area contributed by atoms with Gasteiger partial charge in [-0.15, -0.1) is 0 Å². The zero-order valence-electron chi connectivity index (χ0n) is 15.8. The Bertz CT molecular complexity index is 1220. The zero-order chi connectivity index (χ0) is 19.5. The Kier molecular flexibility index (Phi) is 3.83. The summed E-state index contributed by atoms with van der Waals surface area (Å²) in [6.07, 6.45) is 3.97. The molecule has 2 saturated carbocycles. The largest absolute Gasteiger partial charge is 0.333 e. The molecule has 1 heterocycles. The highest BCUT2D eigenvalue weighted by atomic mass is 32.2. The van der Waals surface area contributed by atoms with E-state index < -0.39 is 10.0 Å². The van der Waals surface area contributed by atoms with Gasteiger partial charge in [0.05, 0.1) is 21.6 Å². The number of aromatic nitrogens is 2. The van der Waals surface area contributed by atoms with Gasteiger partial charge in [0.1, 0.15) is 0 Å². The number of sulfonamides is 1. The van der Waals surface area contributed by atoms with Gasteiger partial charge in [0.25, 0.3) is 0 Å². The molecule has 0 aliphatic heterocycles. The van der Waals surface area contributed by atoms with Crippen LogP contribution in [-0.2, 0) is 16.6 Å². The van der Waals surface area contributed by atoms with Crippen LogP contribution in [0.3, 0.4) is 0 Å². The van der Waals surface area contributed by atoms with Crippen molar-refractivity contribution in [2.75, 3.05) is 0 Å². The number of hydrogen-bond acceptors (Lipinski definition) is 3. The Hall–Kier alpha value is -2.38. The lowest BCUT2D eigenvalue weighted by Crippen LogP contribution is -2.34. The van der Waals surface area contributed by atoms with Gasteiger partial charge in [-0.1, -0.05) is 18.2 Å². The summed E-state index contributed by atoms with van der Waals surface area (Å²) in [4.78, 5) is 13.4. The van der Waals surface area contributed by atoms with Crippen molar-refractivity contribution in [1.29, 1.82) is 0 Å². The first-order chi connectivity index (χ1) is 13.4. The molecule has 2 aliphatic carbocycles. The predicted octanol–water partition coefficient (Wildman–Crippen LogP) is 3.03. The molecule has 0 bridgehead atoms. The summed E-state index contributed by atoms with van der Waals surface area (Å²) < 4.78 is 31.9. The lowest BCUT2D eigenvalue weighted by Gasteiger charge is -2.12. The van der Waals surface area contributed by atoms with E-state index in [-0.39, 0.29) is 16.1 Å². The number of imidazole rings is 1. The molecule has 2 aromatic carbocycles. The number of nitrogens with one attached hydrogen (secondary N) is 1. The molecular weight excluding hydrogens is 374 g/mol. The fourth-order valence-corrected chi connectivity index (χ4v) is 5.12. The van der Waals surface area contributed by atoms with E-state index in [2.05, 4.69) is 4.72 Å². The van der Waals surface area contributed by atoms with Crippen LogP contribution in [0, 0.1) is 5.92 Å². The van der Waals surface area contributed by atoms with Gasteiger partial charge in [0.2, 0.25) is 10.0 Å². The first-order valence-electron chi connectivity index (χ1n) is 9.71. The number of rotatable bonds is 6. The number of fused-ring (bicyclic) bond motifs is 1. The molecular formula is C21H23N3O3S. The summed E-state index contributed by atoms with van der Waals surface area (Å²) in [5.74, 6) is 0.535. The van der Waals surface area contributed by atoms with Crippen molar-refractivity contribution < 1.29 is 8.42 Å². The Balaban J connectivity index is 1.70. The summed E-state index contributed by atoms with van der Waals surface area (Å²) in [6.45, 7) is 2.59. The molecule has 5 rings (SSSR count). The van der Waals surface area contributed by atoms with Crippen molar-refractivity contribution in [3.8, 4) is 5.69 Å². The van der Waals surface area contributed by atoms with Crippen LogP contribution in [0.2, 0.25) is 0 Å². The zero-order valence-corrected chi connectivity index (χ0v) is 16.6. The molecule has 0 saturated heterocycles. The lowest BCUT2D eigenvalue weighted by atomic mass is 10.2. The molecule has 1 aromatic heterocycles. The van der Waals surface area contributed by atoms with Gasteiger partial charge in [-0.05, 0) is 68.9 Å². The highest BCUT2D eigenvalue weighted by molar-refractivity contribution is 7.89. The van der Waals surface area contributed by atoms with Crippen LogP contribution in [0.25, 0.3) is 16.7 Å². The van der Waals surface area contributed by atoms with E-state index in [1.54, 1.807) is 27.3 Å². The van der Waals surface area contributed by atoms with Crippen LogP contribution in [-0.4, -0.2) is 23.1 Å².